The molecule has 2 unspecified atom stereocenters. The molecule has 1 N–H and O–H groups in total. The van der Waals surface area contributed by atoms with Crippen LogP contribution in [0.5, 0.6) is 0 Å². The fraction of sp³-hybridized carbons (Fsp3) is 0.105. The summed E-state index contributed by atoms with van der Waals surface area (Å²) in [5, 5.41) is 9.53. The predicted octanol–water partition coefficient (Wildman–Crippen LogP) is 4.13. The molecule has 0 spiro atoms. The van der Waals surface area contributed by atoms with Crippen molar-refractivity contribution in [1.82, 2.24) is 0 Å². The highest BCUT2D eigenvalue weighted by molar-refractivity contribution is 5.89. The summed E-state index contributed by atoms with van der Waals surface area (Å²) >= 11 is 0. The van der Waals surface area contributed by atoms with Gasteiger partial charge < -0.3 is 5.11 Å². The number of hydrogen-bond acceptors (Lipinski definition) is 1. The summed E-state index contributed by atoms with van der Waals surface area (Å²) in [4.78, 5) is 11.6. The second-order valence-electron chi connectivity index (χ2n) is 5.14. The summed E-state index contributed by atoms with van der Waals surface area (Å²) in [6.45, 7) is 0. The zero-order valence-electron chi connectivity index (χ0n) is 11.5. The van der Waals surface area contributed by atoms with Crippen LogP contribution in [0, 0.1) is 0 Å². The van der Waals surface area contributed by atoms with Crippen molar-refractivity contribution in [3.05, 3.63) is 95.6 Å². The minimum atomic E-state index is -0.853. The number of carboxylic acid groups (broad SMARTS) is 1. The minimum Gasteiger partial charge on any atom is -0.478 e. The van der Waals surface area contributed by atoms with Crippen molar-refractivity contribution in [2.45, 2.75) is 11.8 Å². The Bertz CT molecular complexity index is 684. The molecule has 0 bridgehead atoms. The van der Waals surface area contributed by atoms with Crippen molar-refractivity contribution < 1.29 is 9.90 Å². The Morgan fingerprint density at radius 1 is 0.810 bits per heavy atom. The summed E-state index contributed by atoms with van der Waals surface area (Å²) in [5.74, 6) is -1.00. The highest BCUT2D eigenvalue weighted by Gasteiger charge is 2.25. The third-order valence-corrected chi connectivity index (χ3v) is 3.80. The summed E-state index contributed by atoms with van der Waals surface area (Å²) in [6.07, 6.45) is 5.94. The Balaban J connectivity index is 1.97. The fourth-order valence-electron chi connectivity index (χ4n) is 2.73. The molecule has 0 radical (unpaired) electrons. The van der Waals surface area contributed by atoms with Crippen molar-refractivity contribution in [2.24, 2.45) is 0 Å². The lowest BCUT2D eigenvalue weighted by Gasteiger charge is -2.22. The van der Waals surface area contributed by atoms with Gasteiger partial charge in [-0.2, -0.15) is 0 Å². The van der Waals surface area contributed by atoms with Gasteiger partial charge in [-0.1, -0.05) is 78.9 Å². The fourth-order valence-corrected chi connectivity index (χ4v) is 2.73. The first-order valence-electron chi connectivity index (χ1n) is 6.99. The molecule has 104 valence electrons. The Morgan fingerprint density at radius 2 is 1.38 bits per heavy atom. The highest BCUT2D eigenvalue weighted by atomic mass is 16.4. The van der Waals surface area contributed by atoms with Gasteiger partial charge in [0.2, 0.25) is 0 Å². The van der Waals surface area contributed by atoms with E-state index in [0.717, 1.165) is 11.1 Å². The Labute approximate surface area is 124 Å². The molecule has 1 aliphatic rings. The first-order chi connectivity index (χ1) is 10.3. The molecule has 2 atom stereocenters. The van der Waals surface area contributed by atoms with E-state index < -0.39 is 5.97 Å². The van der Waals surface area contributed by atoms with Crippen LogP contribution < -0.4 is 0 Å². The van der Waals surface area contributed by atoms with Crippen molar-refractivity contribution >= 4 is 5.97 Å². The molecular weight excluding hydrogens is 260 g/mol. The number of benzene rings is 2. The van der Waals surface area contributed by atoms with Crippen LogP contribution in [0.4, 0.5) is 0 Å². The van der Waals surface area contributed by atoms with Crippen LogP contribution in [-0.4, -0.2) is 11.1 Å². The lowest BCUT2D eigenvalue weighted by molar-refractivity contribution is -0.132. The average Bonchev–Trinajstić information content (AvgIpc) is 2.56. The van der Waals surface area contributed by atoms with Gasteiger partial charge in [0, 0.05) is 17.4 Å². The quantitative estimate of drug-likeness (QED) is 0.856. The molecule has 2 aromatic rings. The smallest absolute Gasteiger partial charge is 0.332 e. The van der Waals surface area contributed by atoms with E-state index in [-0.39, 0.29) is 11.8 Å². The SMILES string of the molecule is O=C(O)C1=CC(c2ccccc2)C=CC1c1ccccc1. The number of aliphatic carboxylic acids is 1. The van der Waals surface area contributed by atoms with Crippen molar-refractivity contribution in [2.75, 3.05) is 0 Å². The third kappa shape index (κ3) is 2.79. The Hall–Kier alpha value is -2.61. The molecule has 0 saturated carbocycles. The van der Waals surface area contributed by atoms with Gasteiger partial charge >= 0.3 is 5.97 Å². The van der Waals surface area contributed by atoms with Gasteiger partial charge in [0.05, 0.1) is 0 Å². The minimum absolute atomic E-state index is 0.0252. The van der Waals surface area contributed by atoms with Crippen molar-refractivity contribution in [1.29, 1.82) is 0 Å². The van der Waals surface area contributed by atoms with E-state index >= 15 is 0 Å². The van der Waals surface area contributed by atoms with Gasteiger partial charge in [-0.25, -0.2) is 4.79 Å². The van der Waals surface area contributed by atoms with E-state index in [4.69, 9.17) is 0 Å². The number of carbonyl (C=O) groups is 1. The standard InChI is InChI=1S/C19H16O2/c20-19(21)18-13-16(14-7-3-1-4-8-14)11-12-17(18)15-9-5-2-6-10-15/h1-13,16-17H,(H,20,21). The van der Waals surface area contributed by atoms with E-state index in [1.165, 1.54) is 0 Å². The Kier molecular flexibility index (Phi) is 3.69. The maximum Gasteiger partial charge on any atom is 0.332 e. The van der Waals surface area contributed by atoms with E-state index in [2.05, 4.69) is 6.08 Å². The number of carboxylic acids is 1. The van der Waals surface area contributed by atoms with Gasteiger partial charge in [-0.05, 0) is 11.1 Å². The molecule has 0 saturated heterocycles. The topological polar surface area (TPSA) is 37.3 Å². The third-order valence-electron chi connectivity index (χ3n) is 3.80. The van der Waals surface area contributed by atoms with Crippen LogP contribution >= 0.6 is 0 Å². The van der Waals surface area contributed by atoms with Gasteiger partial charge in [-0.3, -0.25) is 0 Å². The van der Waals surface area contributed by atoms with Crippen LogP contribution in [0.3, 0.4) is 0 Å². The van der Waals surface area contributed by atoms with Gasteiger partial charge in [0.25, 0.3) is 0 Å². The molecule has 2 nitrogen and oxygen atoms in total. The molecule has 3 rings (SSSR count). The second-order valence-corrected chi connectivity index (χ2v) is 5.14. The summed E-state index contributed by atoms with van der Waals surface area (Å²) in [6, 6.07) is 19.7. The first kappa shape index (κ1) is 13.4. The molecule has 21 heavy (non-hydrogen) atoms. The van der Waals surface area contributed by atoms with Crippen LogP contribution in [0.1, 0.15) is 23.0 Å². The normalized spacial score (nSPS) is 20.9. The molecular formula is C19H16O2. The predicted molar refractivity (Wildman–Crippen MR) is 83.2 cm³/mol. The van der Waals surface area contributed by atoms with Gasteiger partial charge in [0.15, 0.2) is 0 Å². The van der Waals surface area contributed by atoms with Crippen molar-refractivity contribution in [3.63, 3.8) is 0 Å². The Morgan fingerprint density at radius 3 is 1.95 bits per heavy atom. The maximum absolute atomic E-state index is 11.6. The van der Waals surface area contributed by atoms with Crippen LogP contribution in [0.15, 0.2) is 84.5 Å². The zero-order valence-corrected chi connectivity index (χ0v) is 11.5. The zero-order chi connectivity index (χ0) is 14.7. The molecule has 0 heterocycles. The molecule has 2 aromatic carbocycles. The first-order valence-corrected chi connectivity index (χ1v) is 6.99. The van der Waals surface area contributed by atoms with E-state index in [1.54, 1.807) is 0 Å². The second kappa shape index (κ2) is 5.80. The number of allylic oxidation sites excluding steroid dienone is 3. The lowest BCUT2D eigenvalue weighted by Crippen LogP contribution is -2.14. The van der Waals surface area contributed by atoms with Crippen LogP contribution in [-0.2, 0) is 4.79 Å². The van der Waals surface area contributed by atoms with E-state index in [9.17, 15) is 9.90 Å². The highest BCUT2D eigenvalue weighted by Crippen LogP contribution is 2.35. The molecule has 1 aliphatic carbocycles. The van der Waals surface area contributed by atoms with E-state index in [0.29, 0.717) is 5.57 Å². The van der Waals surface area contributed by atoms with Crippen LogP contribution in [0.2, 0.25) is 0 Å². The monoisotopic (exact) mass is 276 g/mol. The maximum atomic E-state index is 11.6. The van der Waals surface area contributed by atoms with Gasteiger partial charge in [-0.15, -0.1) is 0 Å². The van der Waals surface area contributed by atoms with E-state index in [1.807, 2.05) is 72.8 Å². The summed E-state index contributed by atoms with van der Waals surface area (Å²) in [7, 11) is 0. The molecule has 0 aromatic heterocycles. The molecule has 0 amide bonds. The van der Waals surface area contributed by atoms with Crippen LogP contribution in [0.25, 0.3) is 0 Å². The molecule has 0 fully saturated rings. The number of rotatable bonds is 3. The largest absolute Gasteiger partial charge is 0.478 e. The molecule has 2 heteroatoms. The lowest BCUT2D eigenvalue weighted by atomic mass is 9.82. The molecule has 0 aliphatic heterocycles. The summed E-state index contributed by atoms with van der Waals surface area (Å²) in [5.41, 5.74) is 2.56. The summed E-state index contributed by atoms with van der Waals surface area (Å²) < 4.78 is 0. The van der Waals surface area contributed by atoms with Crippen molar-refractivity contribution in [3.8, 4) is 0 Å². The average molecular weight is 276 g/mol. The van der Waals surface area contributed by atoms with Gasteiger partial charge in [0.1, 0.15) is 0 Å². The number of hydrogen-bond donors (Lipinski definition) is 1.